The summed E-state index contributed by atoms with van der Waals surface area (Å²) >= 11 is 0. The van der Waals surface area contributed by atoms with Gasteiger partial charge in [0.05, 0.1) is 11.9 Å². The van der Waals surface area contributed by atoms with Crippen LogP contribution in [-0.4, -0.2) is 26.6 Å². The van der Waals surface area contributed by atoms with Gasteiger partial charge in [0.2, 0.25) is 15.9 Å². The molecule has 7 heteroatoms. The lowest BCUT2D eigenvalue weighted by atomic mass is 10.1. The van der Waals surface area contributed by atoms with E-state index in [9.17, 15) is 17.6 Å². The van der Waals surface area contributed by atoms with Crippen LogP contribution in [0, 0.1) is 19.7 Å². The molecule has 0 aliphatic rings. The van der Waals surface area contributed by atoms with Crippen molar-refractivity contribution in [2.45, 2.75) is 26.8 Å². The minimum absolute atomic E-state index is 0.159. The first-order valence-corrected chi connectivity index (χ1v) is 9.58. The van der Waals surface area contributed by atoms with E-state index in [0.717, 1.165) is 27.8 Å². The first-order valence-electron chi connectivity index (χ1n) is 7.74. The van der Waals surface area contributed by atoms with Crippen LogP contribution in [0.1, 0.15) is 18.1 Å². The van der Waals surface area contributed by atoms with Crippen molar-refractivity contribution < 1.29 is 17.6 Å². The Morgan fingerprint density at radius 3 is 2.36 bits per heavy atom. The van der Waals surface area contributed by atoms with Crippen LogP contribution in [0.25, 0.3) is 0 Å². The zero-order chi connectivity index (χ0) is 18.8. The Bertz CT molecular complexity index is 897. The predicted molar refractivity (Wildman–Crippen MR) is 97.7 cm³/mol. The van der Waals surface area contributed by atoms with Crippen LogP contribution in [0.2, 0.25) is 0 Å². The summed E-state index contributed by atoms with van der Waals surface area (Å²) < 4.78 is 39.3. The van der Waals surface area contributed by atoms with E-state index in [0.29, 0.717) is 5.69 Å². The van der Waals surface area contributed by atoms with Gasteiger partial charge in [0.25, 0.3) is 0 Å². The molecule has 0 heterocycles. The molecule has 0 radical (unpaired) electrons. The lowest BCUT2D eigenvalue weighted by molar-refractivity contribution is -0.116. The Labute approximate surface area is 147 Å². The zero-order valence-electron chi connectivity index (χ0n) is 14.6. The van der Waals surface area contributed by atoms with E-state index < -0.39 is 27.8 Å². The van der Waals surface area contributed by atoms with Crippen molar-refractivity contribution in [3.63, 3.8) is 0 Å². The number of sulfonamides is 1. The number of anilines is 2. The second-order valence-corrected chi connectivity index (χ2v) is 7.78. The molecule has 0 spiro atoms. The predicted octanol–water partition coefficient (Wildman–Crippen LogP) is 3.24. The molecule has 1 unspecified atom stereocenters. The van der Waals surface area contributed by atoms with Gasteiger partial charge in [-0.25, -0.2) is 12.8 Å². The number of rotatable bonds is 5. The van der Waals surface area contributed by atoms with Crippen LogP contribution in [0.5, 0.6) is 0 Å². The van der Waals surface area contributed by atoms with Gasteiger partial charge in [-0.3, -0.25) is 9.10 Å². The number of aryl methyl sites for hydroxylation is 1. The van der Waals surface area contributed by atoms with E-state index in [1.807, 2.05) is 19.9 Å². The van der Waals surface area contributed by atoms with Crippen LogP contribution in [0.3, 0.4) is 0 Å². The normalized spacial score (nSPS) is 12.5. The smallest absolute Gasteiger partial charge is 0.248 e. The summed E-state index contributed by atoms with van der Waals surface area (Å²) in [4.78, 5) is 12.6. The summed E-state index contributed by atoms with van der Waals surface area (Å²) in [5.41, 5.74) is 2.33. The molecule has 2 aromatic rings. The van der Waals surface area contributed by atoms with Crippen molar-refractivity contribution in [2.24, 2.45) is 0 Å². The largest absolute Gasteiger partial charge is 0.324 e. The molecule has 5 nitrogen and oxygen atoms in total. The molecule has 0 saturated carbocycles. The second kappa shape index (κ2) is 7.23. The summed E-state index contributed by atoms with van der Waals surface area (Å²) in [6.07, 6.45) is 0.946. The van der Waals surface area contributed by atoms with Crippen LogP contribution >= 0.6 is 0 Å². The summed E-state index contributed by atoms with van der Waals surface area (Å²) in [6, 6.07) is 9.80. The van der Waals surface area contributed by atoms with Crippen molar-refractivity contribution in [3.05, 3.63) is 59.4 Å². The minimum atomic E-state index is -3.86. The minimum Gasteiger partial charge on any atom is -0.324 e. The van der Waals surface area contributed by atoms with E-state index in [-0.39, 0.29) is 5.69 Å². The highest BCUT2D eigenvalue weighted by molar-refractivity contribution is 7.92. The van der Waals surface area contributed by atoms with Crippen LogP contribution in [0.15, 0.2) is 42.5 Å². The topological polar surface area (TPSA) is 66.5 Å². The first-order chi connectivity index (χ1) is 11.6. The molecule has 1 amide bonds. The molecular weight excluding hydrogens is 343 g/mol. The van der Waals surface area contributed by atoms with Gasteiger partial charge in [-0.15, -0.1) is 0 Å². The van der Waals surface area contributed by atoms with Crippen molar-refractivity contribution in [1.82, 2.24) is 0 Å². The average Bonchev–Trinajstić information content (AvgIpc) is 2.52. The number of amides is 1. The summed E-state index contributed by atoms with van der Waals surface area (Å²) in [5, 5.41) is 2.73. The molecule has 1 N–H and O–H groups in total. The molecule has 1 atom stereocenters. The van der Waals surface area contributed by atoms with Crippen molar-refractivity contribution in [2.75, 3.05) is 15.9 Å². The molecule has 25 heavy (non-hydrogen) atoms. The average molecular weight is 364 g/mol. The number of carbonyl (C=O) groups is 1. The van der Waals surface area contributed by atoms with Crippen molar-refractivity contribution >= 4 is 27.3 Å². The monoisotopic (exact) mass is 364 g/mol. The molecule has 2 rings (SSSR count). The highest BCUT2D eigenvalue weighted by atomic mass is 32.2. The summed E-state index contributed by atoms with van der Waals surface area (Å²) in [6.45, 7) is 5.20. The Morgan fingerprint density at radius 1 is 1.12 bits per heavy atom. The lowest BCUT2D eigenvalue weighted by Crippen LogP contribution is -2.45. The van der Waals surface area contributed by atoms with Gasteiger partial charge in [0.1, 0.15) is 11.9 Å². The van der Waals surface area contributed by atoms with Crippen molar-refractivity contribution in [1.29, 1.82) is 0 Å². The highest BCUT2D eigenvalue weighted by Crippen LogP contribution is 2.25. The SMILES string of the molecule is Cc1cccc(NC(=O)C(C)N(c2ccccc2F)S(C)(=O)=O)c1C. The fourth-order valence-electron chi connectivity index (χ4n) is 2.54. The van der Waals surface area contributed by atoms with Gasteiger partial charge in [0.15, 0.2) is 0 Å². The third-order valence-electron chi connectivity index (χ3n) is 4.04. The maximum Gasteiger partial charge on any atom is 0.248 e. The number of carbonyl (C=O) groups excluding carboxylic acids is 1. The molecule has 0 bridgehead atoms. The Balaban J connectivity index is 2.37. The Hall–Kier alpha value is -2.41. The molecule has 0 saturated heterocycles. The number of halogens is 1. The summed E-state index contributed by atoms with van der Waals surface area (Å²) in [5.74, 6) is -1.25. The van der Waals surface area contributed by atoms with Gasteiger partial charge >= 0.3 is 0 Å². The van der Waals surface area contributed by atoms with E-state index in [1.54, 1.807) is 12.1 Å². The molecule has 134 valence electrons. The van der Waals surface area contributed by atoms with Crippen LogP contribution < -0.4 is 9.62 Å². The van der Waals surface area contributed by atoms with E-state index >= 15 is 0 Å². The standard InChI is InChI=1S/C18H21FN2O3S/c1-12-8-7-10-16(13(12)2)20-18(22)14(3)21(25(4,23)24)17-11-6-5-9-15(17)19/h5-11,14H,1-4H3,(H,20,22). The van der Waals surface area contributed by atoms with Crippen LogP contribution in [0.4, 0.5) is 15.8 Å². The molecule has 0 aliphatic heterocycles. The number of para-hydroxylation sites is 1. The molecule has 0 fully saturated rings. The summed E-state index contributed by atoms with van der Waals surface area (Å²) in [7, 11) is -3.86. The molecular formula is C18H21FN2O3S. The van der Waals surface area contributed by atoms with Crippen molar-refractivity contribution in [3.8, 4) is 0 Å². The Morgan fingerprint density at radius 2 is 1.76 bits per heavy atom. The highest BCUT2D eigenvalue weighted by Gasteiger charge is 2.31. The van der Waals surface area contributed by atoms with Gasteiger partial charge in [-0.1, -0.05) is 24.3 Å². The van der Waals surface area contributed by atoms with Gasteiger partial charge < -0.3 is 5.32 Å². The van der Waals surface area contributed by atoms with Crippen LogP contribution in [-0.2, 0) is 14.8 Å². The zero-order valence-corrected chi connectivity index (χ0v) is 15.4. The number of nitrogens with zero attached hydrogens (tertiary/aromatic N) is 1. The number of nitrogens with one attached hydrogen (secondary N) is 1. The maximum atomic E-state index is 14.1. The second-order valence-electron chi connectivity index (χ2n) is 5.92. The number of hydrogen-bond acceptors (Lipinski definition) is 3. The maximum absolute atomic E-state index is 14.1. The molecule has 0 aromatic heterocycles. The van der Waals surface area contributed by atoms with E-state index in [4.69, 9.17) is 0 Å². The fraction of sp³-hybridized carbons (Fsp3) is 0.278. The van der Waals surface area contributed by atoms with E-state index in [1.165, 1.54) is 25.1 Å². The lowest BCUT2D eigenvalue weighted by Gasteiger charge is -2.28. The fourth-order valence-corrected chi connectivity index (χ4v) is 3.71. The third kappa shape index (κ3) is 4.17. The first kappa shape index (κ1) is 18.9. The quantitative estimate of drug-likeness (QED) is 0.886. The van der Waals surface area contributed by atoms with Gasteiger partial charge in [0, 0.05) is 5.69 Å². The van der Waals surface area contributed by atoms with Gasteiger partial charge in [-0.05, 0) is 50.1 Å². The van der Waals surface area contributed by atoms with Gasteiger partial charge in [-0.2, -0.15) is 0 Å². The number of hydrogen-bond donors (Lipinski definition) is 1. The molecule has 0 aliphatic carbocycles. The Kier molecular flexibility index (Phi) is 5.47. The molecule has 2 aromatic carbocycles. The number of benzene rings is 2. The van der Waals surface area contributed by atoms with E-state index in [2.05, 4.69) is 5.32 Å². The third-order valence-corrected chi connectivity index (χ3v) is 5.27.